The average Bonchev–Trinajstić information content (AvgIpc) is 2.31. The van der Waals surface area contributed by atoms with E-state index < -0.39 is 0 Å². The number of hydrogen-bond acceptors (Lipinski definition) is 1. The molecule has 11 heavy (non-hydrogen) atoms. The van der Waals surface area contributed by atoms with Gasteiger partial charge in [0.15, 0.2) is 0 Å². The molecular weight excluding hydrogens is 134 g/mol. The topological polar surface area (TPSA) is 12.4 Å². The molecule has 0 aromatic carbocycles. The fourth-order valence-electron chi connectivity index (χ4n) is 1.63. The quantitative estimate of drug-likeness (QED) is 0.541. The van der Waals surface area contributed by atoms with Crippen molar-refractivity contribution in [1.29, 1.82) is 0 Å². The summed E-state index contributed by atoms with van der Waals surface area (Å²) < 4.78 is 0. The lowest BCUT2D eigenvalue weighted by atomic mass is 10.1. The molecule has 64 valence electrons. The molecule has 1 rings (SSSR count). The van der Waals surface area contributed by atoms with Crippen LogP contribution in [0.15, 0.2) is 4.99 Å². The molecule has 0 aliphatic heterocycles. The Morgan fingerprint density at radius 1 is 1.36 bits per heavy atom. The zero-order valence-corrected chi connectivity index (χ0v) is 7.88. The summed E-state index contributed by atoms with van der Waals surface area (Å²) >= 11 is 0. The second-order valence-corrected chi connectivity index (χ2v) is 4.02. The fourth-order valence-corrected chi connectivity index (χ4v) is 1.63. The molecule has 0 radical (unpaired) electrons. The van der Waals surface area contributed by atoms with Crippen molar-refractivity contribution in [2.24, 2.45) is 16.8 Å². The first-order valence-electron chi connectivity index (χ1n) is 4.73. The second-order valence-electron chi connectivity index (χ2n) is 4.02. The first kappa shape index (κ1) is 8.76. The summed E-state index contributed by atoms with van der Waals surface area (Å²) in [7, 11) is 0. The van der Waals surface area contributed by atoms with Gasteiger partial charge in [0.2, 0.25) is 0 Å². The minimum atomic E-state index is 0.614. The summed E-state index contributed by atoms with van der Waals surface area (Å²) in [6.07, 6.45) is 6.16. The van der Waals surface area contributed by atoms with E-state index in [-0.39, 0.29) is 0 Å². The third-order valence-corrected chi connectivity index (χ3v) is 2.39. The summed E-state index contributed by atoms with van der Waals surface area (Å²) in [6, 6.07) is 0.636. The molecule has 0 N–H and O–H groups in total. The van der Waals surface area contributed by atoms with Gasteiger partial charge in [-0.3, -0.25) is 4.99 Å². The van der Waals surface area contributed by atoms with Gasteiger partial charge in [0.1, 0.15) is 0 Å². The first-order valence-corrected chi connectivity index (χ1v) is 4.73. The largest absolute Gasteiger partial charge is 0.294 e. The van der Waals surface area contributed by atoms with Crippen LogP contribution in [0.5, 0.6) is 0 Å². The lowest BCUT2D eigenvalue weighted by molar-refractivity contribution is 0.529. The average molecular weight is 153 g/mol. The summed E-state index contributed by atoms with van der Waals surface area (Å²) in [4.78, 5) is 4.58. The molecule has 0 aromatic heterocycles. The summed E-state index contributed by atoms with van der Waals surface area (Å²) in [5, 5.41) is 0. The van der Waals surface area contributed by atoms with Gasteiger partial charge in [-0.2, -0.15) is 0 Å². The number of rotatable bonds is 2. The van der Waals surface area contributed by atoms with Gasteiger partial charge < -0.3 is 0 Å². The fraction of sp³-hybridized carbons (Fsp3) is 0.900. The molecule has 0 spiro atoms. The van der Waals surface area contributed by atoms with Crippen molar-refractivity contribution in [1.82, 2.24) is 0 Å². The molecular formula is C10H19N. The second kappa shape index (κ2) is 3.89. The Morgan fingerprint density at radius 3 is 2.55 bits per heavy atom. The Hall–Kier alpha value is -0.330. The van der Waals surface area contributed by atoms with E-state index in [1.165, 1.54) is 19.3 Å². The van der Waals surface area contributed by atoms with Crippen LogP contribution in [-0.2, 0) is 0 Å². The number of hydrogen-bond donors (Lipinski definition) is 0. The zero-order valence-electron chi connectivity index (χ0n) is 7.88. The standard InChI is InChI=1S/C10H19N/c1-8(2)7-11-10-6-4-5-9(10)3/h7-10H,4-6H2,1-3H3. The van der Waals surface area contributed by atoms with Crippen LogP contribution < -0.4 is 0 Å². The Labute approximate surface area is 69.9 Å². The molecule has 1 heteroatoms. The van der Waals surface area contributed by atoms with Crippen molar-refractivity contribution in [2.75, 3.05) is 0 Å². The summed E-state index contributed by atoms with van der Waals surface area (Å²) in [5.74, 6) is 1.44. The highest BCUT2D eigenvalue weighted by Crippen LogP contribution is 2.27. The molecule has 1 aliphatic carbocycles. The summed E-state index contributed by atoms with van der Waals surface area (Å²) in [6.45, 7) is 6.68. The van der Waals surface area contributed by atoms with Gasteiger partial charge in [0.25, 0.3) is 0 Å². The van der Waals surface area contributed by atoms with Crippen molar-refractivity contribution in [3.05, 3.63) is 0 Å². The lowest BCUT2D eigenvalue weighted by Gasteiger charge is -2.09. The van der Waals surface area contributed by atoms with Gasteiger partial charge in [-0.05, 0) is 24.7 Å². The molecule has 0 bridgehead atoms. The highest BCUT2D eigenvalue weighted by atomic mass is 14.8. The third-order valence-electron chi connectivity index (χ3n) is 2.39. The van der Waals surface area contributed by atoms with Crippen LogP contribution in [0.3, 0.4) is 0 Å². The van der Waals surface area contributed by atoms with E-state index in [1.807, 2.05) is 0 Å². The minimum absolute atomic E-state index is 0.614. The highest BCUT2D eigenvalue weighted by Gasteiger charge is 2.21. The molecule has 0 saturated heterocycles. The molecule has 1 fully saturated rings. The molecule has 1 aliphatic rings. The van der Waals surface area contributed by atoms with Gasteiger partial charge in [-0.1, -0.05) is 27.2 Å². The van der Waals surface area contributed by atoms with Crippen LogP contribution in [0.4, 0.5) is 0 Å². The Morgan fingerprint density at radius 2 is 2.09 bits per heavy atom. The first-order chi connectivity index (χ1) is 5.20. The van der Waals surface area contributed by atoms with Crippen LogP contribution in [-0.4, -0.2) is 12.3 Å². The maximum absolute atomic E-state index is 4.58. The predicted molar refractivity (Wildman–Crippen MR) is 50.1 cm³/mol. The SMILES string of the molecule is CC(C)C=NC1CCCC1C. The van der Waals surface area contributed by atoms with Gasteiger partial charge in [0.05, 0.1) is 6.04 Å². The van der Waals surface area contributed by atoms with Crippen LogP contribution in [0.1, 0.15) is 40.0 Å². The number of nitrogens with zero attached hydrogens (tertiary/aromatic N) is 1. The smallest absolute Gasteiger partial charge is 0.0521 e. The van der Waals surface area contributed by atoms with Crippen LogP contribution >= 0.6 is 0 Å². The lowest BCUT2D eigenvalue weighted by Crippen LogP contribution is -2.08. The molecule has 0 heterocycles. The van der Waals surface area contributed by atoms with Crippen molar-refractivity contribution < 1.29 is 0 Å². The van der Waals surface area contributed by atoms with E-state index in [0.717, 1.165) is 5.92 Å². The van der Waals surface area contributed by atoms with Gasteiger partial charge in [0, 0.05) is 6.21 Å². The van der Waals surface area contributed by atoms with Crippen molar-refractivity contribution in [2.45, 2.75) is 46.1 Å². The maximum atomic E-state index is 4.58. The van der Waals surface area contributed by atoms with Gasteiger partial charge in [-0.25, -0.2) is 0 Å². The molecule has 0 amide bonds. The molecule has 1 saturated carbocycles. The van der Waals surface area contributed by atoms with E-state index in [2.05, 4.69) is 32.0 Å². The van der Waals surface area contributed by atoms with E-state index >= 15 is 0 Å². The normalized spacial score (nSPS) is 32.4. The molecule has 1 nitrogen and oxygen atoms in total. The van der Waals surface area contributed by atoms with Crippen LogP contribution in [0.25, 0.3) is 0 Å². The van der Waals surface area contributed by atoms with E-state index in [1.54, 1.807) is 0 Å². The maximum Gasteiger partial charge on any atom is 0.0521 e. The predicted octanol–water partition coefficient (Wildman–Crippen LogP) is 2.90. The van der Waals surface area contributed by atoms with Gasteiger partial charge in [-0.15, -0.1) is 0 Å². The van der Waals surface area contributed by atoms with Crippen molar-refractivity contribution >= 4 is 6.21 Å². The van der Waals surface area contributed by atoms with E-state index in [4.69, 9.17) is 0 Å². The van der Waals surface area contributed by atoms with E-state index in [9.17, 15) is 0 Å². The van der Waals surface area contributed by atoms with Gasteiger partial charge >= 0.3 is 0 Å². The Balaban J connectivity index is 2.36. The molecule has 0 aromatic rings. The monoisotopic (exact) mass is 153 g/mol. The van der Waals surface area contributed by atoms with Crippen molar-refractivity contribution in [3.8, 4) is 0 Å². The van der Waals surface area contributed by atoms with Crippen LogP contribution in [0.2, 0.25) is 0 Å². The van der Waals surface area contributed by atoms with Crippen molar-refractivity contribution in [3.63, 3.8) is 0 Å². The highest BCUT2D eigenvalue weighted by molar-refractivity contribution is 5.59. The number of aliphatic imine (C=N–C) groups is 1. The Kier molecular flexibility index (Phi) is 3.10. The van der Waals surface area contributed by atoms with E-state index in [0.29, 0.717) is 12.0 Å². The van der Waals surface area contributed by atoms with Crippen LogP contribution in [0, 0.1) is 11.8 Å². The third kappa shape index (κ3) is 2.64. The zero-order chi connectivity index (χ0) is 8.27. The minimum Gasteiger partial charge on any atom is -0.294 e. The Bertz CT molecular complexity index is 138. The molecule has 2 unspecified atom stereocenters. The molecule has 2 atom stereocenters. The summed E-state index contributed by atoms with van der Waals surface area (Å²) in [5.41, 5.74) is 0.